The third kappa shape index (κ3) is 3.73. The molecule has 0 bridgehead atoms. The molecule has 1 atom stereocenters. The van der Waals surface area contributed by atoms with Crippen molar-refractivity contribution in [3.05, 3.63) is 62.5 Å². The van der Waals surface area contributed by atoms with Crippen LogP contribution in [0, 0.1) is 13.8 Å². The SMILES string of the molecule is Cc1sc2nc(CS[C@@H](C(=O)N3CCCC3)c3ccccc3)[nH]c(=O)c2c1C. The topological polar surface area (TPSA) is 66.1 Å². The van der Waals surface area contributed by atoms with E-state index in [1.165, 1.54) is 11.8 Å². The summed E-state index contributed by atoms with van der Waals surface area (Å²) in [6, 6.07) is 9.88. The molecule has 28 heavy (non-hydrogen) atoms. The van der Waals surface area contributed by atoms with Crippen LogP contribution in [0.5, 0.6) is 0 Å². The average molecular weight is 414 g/mol. The maximum absolute atomic E-state index is 13.1. The first-order valence-corrected chi connectivity index (χ1v) is 11.4. The van der Waals surface area contributed by atoms with Crippen LogP contribution in [-0.2, 0) is 10.5 Å². The summed E-state index contributed by atoms with van der Waals surface area (Å²) in [5, 5.41) is 0.399. The van der Waals surface area contributed by atoms with E-state index >= 15 is 0 Å². The lowest BCUT2D eigenvalue weighted by atomic mass is 10.1. The molecule has 1 aromatic carbocycles. The van der Waals surface area contributed by atoms with E-state index in [1.807, 2.05) is 49.1 Å². The molecule has 0 saturated carbocycles. The van der Waals surface area contributed by atoms with Crippen LogP contribution in [-0.4, -0.2) is 33.9 Å². The van der Waals surface area contributed by atoms with E-state index in [0.717, 1.165) is 46.8 Å². The normalized spacial score (nSPS) is 15.3. The molecule has 2 aromatic heterocycles. The molecule has 0 spiro atoms. The van der Waals surface area contributed by atoms with Crippen molar-refractivity contribution in [2.24, 2.45) is 0 Å². The number of aryl methyl sites for hydroxylation is 2. The summed E-state index contributed by atoms with van der Waals surface area (Å²) in [7, 11) is 0. The van der Waals surface area contributed by atoms with Crippen LogP contribution in [0.1, 0.15) is 39.9 Å². The Kier molecular flexibility index (Phi) is 5.55. The van der Waals surface area contributed by atoms with Crippen molar-refractivity contribution in [1.29, 1.82) is 0 Å². The van der Waals surface area contributed by atoms with Gasteiger partial charge in [-0.05, 0) is 37.8 Å². The monoisotopic (exact) mass is 413 g/mol. The second kappa shape index (κ2) is 8.09. The number of benzene rings is 1. The third-order valence-electron chi connectivity index (χ3n) is 5.22. The number of aromatic amines is 1. The summed E-state index contributed by atoms with van der Waals surface area (Å²) in [6.45, 7) is 5.63. The molecule has 146 valence electrons. The number of nitrogens with one attached hydrogen (secondary N) is 1. The fourth-order valence-electron chi connectivity index (χ4n) is 3.57. The van der Waals surface area contributed by atoms with Crippen molar-refractivity contribution in [2.75, 3.05) is 13.1 Å². The van der Waals surface area contributed by atoms with Gasteiger partial charge in [0, 0.05) is 18.0 Å². The molecule has 1 fully saturated rings. The summed E-state index contributed by atoms with van der Waals surface area (Å²) in [5.41, 5.74) is 1.90. The Balaban J connectivity index is 1.60. The quantitative estimate of drug-likeness (QED) is 0.681. The number of carbonyl (C=O) groups excluding carboxylic acids is 1. The number of aromatic nitrogens is 2. The Hall–Kier alpha value is -2.12. The minimum Gasteiger partial charge on any atom is -0.341 e. The van der Waals surface area contributed by atoms with Crippen LogP contribution >= 0.6 is 23.1 Å². The zero-order valence-corrected chi connectivity index (χ0v) is 17.7. The van der Waals surface area contributed by atoms with Gasteiger partial charge in [-0.2, -0.15) is 0 Å². The Morgan fingerprint density at radius 3 is 2.68 bits per heavy atom. The lowest BCUT2D eigenvalue weighted by Crippen LogP contribution is -2.31. The summed E-state index contributed by atoms with van der Waals surface area (Å²) in [6.07, 6.45) is 2.14. The highest BCUT2D eigenvalue weighted by Gasteiger charge is 2.28. The van der Waals surface area contributed by atoms with Crippen molar-refractivity contribution in [3.63, 3.8) is 0 Å². The predicted molar refractivity (Wildman–Crippen MR) is 116 cm³/mol. The highest BCUT2D eigenvalue weighted by molar-refractivity contribution is 7.99. The van der Waals surface area contributed by atoms with E-state index in [9.17, 15) is 9.59 Å². The highest BCUT2D eigenvalue weighted by Crippen LogP contribution is 2.34. The van der Waals surface area contributed by atoms with Gasteiger partial charge in [-0.3, -0.25) is 9.59 Å². The molecule has 1 N–H and O–H groups in total. The molecule has 3 heterocycles. The summed E-state index contributed by atoms with van der Waals surface area (Å²) < 4.78 is 0. The number of hydrogen-bond acceptors (Lipinski definition) is 5. The number of carbonyl (C=O) groups is 1. The Bertz CT molecular complexity index is 1050. The van der Waals surface area contributed by atoms with Crippen molar-refractivity contribution >= 4 is 39.2 Å². The lowest BCUT2D eigenvalue weighted by molar-refractivity contribution is -0.129. The van der Waals surface area contributed by atoms with E-state index in [2.05, 4.69) is 9.97 Å². The number of hydrogen-bond donors (Lipinski definition) is 1. The molecular formula is C21H23N3O2S2. The first-order chi connectivity index (χ1) is 13.5. The molecule has 0 unspecified atom stereocenters. The van der Waals surface area contributed by atoms with Gasteiger partial charge in [0.15, 0.2) is 0 Å². The summed E-state index contributed by atoms with van der Waals surface area (Å²) >= 11 is 3.08. The van der Waals surface area contributed by atoms with E-state index in [0.29, 0.717) is 17.0 Å². The van der Waals surface area contributed by atoms with E-state index < -0.39 is 0 Å². The molecule has 1 amide bonds. The fourth-order valence-corrected chi connectivity index (χ4v) is 5.72. The Morgan fingerprint density at radius 2 is 1.96 bits per heavy atom. The molecule has 1 saturated heterocycles. The van der Waals surface area contributed by atoms with E-state index in [4.69, 9.17) is 0 Å². The van der Waals surface area contributed by atoms with Crippen LogP contribution in [0.3, 0.4) is 0 Å². The zero-order valence-electron chi connectivity index (χ0n) is 16.0. The summed E-state index contributed by atoms with van der Waals surface area (Å²) in [4.78, 5) is 37.0. The van der Waals surface area contributed by atoms with E-state index in [-0.39, 0.29) is 16.7 Å². The number of nitrogens with zero attached hydrogens (tertiary/aromatic N) is 2. The Morgan fingerprint density at radius 1 is 1.25 bits per heavy atom. The van der Waals surface area contributed by atoms with Crippen molar-refractivity contribution in [3.8, 4) is 0 Å². The molecule has 1 aliphatic heterocycles. The van der Waals surface area contributed by atoms with E-state index in [1.54, 1.807) is 11.3 Å². The van der Waals surface area contributed by atoms with Crippen LogP contribution < -0.4 is 5.56 Å². The number of amides is 1. The van der Waals surface area contributed by atoms with Gasteiger partial charge in [-0.1, -0.05) is 30.3 Å². The van der Waals surface area contributed by atoms with Crippen LogP contribution in [0.15, 0.2) is 35.1 Å². The van der Waals surface area contributed by atoms with Gasteiger partial charge in [-0.15, -0.1) is 23.1 Å². The van der Waals surface area contributed by atoms with Gasteiger partial charge in [0.25, 0.3) is 5.56 Å². The second-order valence-electron chi connectivity index (χ2n) is 7.11. The molecule has 1 aliphatic rings. The minimum absolute atomic E-state index is 0.0930. The number of rotatable bonds is 5. The second-order valence-corrected chi connectivity index (χ2v) is 9.41. The number of likely N-dealkylation sites (tertiary alicyclic amines) is 1. The predicted octanol–water partition coefficient (Wildman–Crippen LogP) is 4.20. The fraction of sp³-hybridized carbons (Fsp3) is 0.381. The van der Waals surface area contributed by atoms with Crippen molar-refractivity contribution in [1.82, 2.24) is 14.9 Å². The molecule has 0 radical (unpaired) electrons. The van der Waals surface area contributed by atoms with Gasteiger partial charge < -0.3 is 9.88 Å². The number of thiophene rings is 1. The Labute approximate surface area is 172 Å². The lowest BCUT2D eigenvalue weighted by Gasteiger charge is -2.23. The van der Waals surface area contributed by atoms with Crippen molar-refractivity contribution < 1.29 is 4.79 Å². The molecule has 0 aliphatic carbocycles. The molecular weight excluding hydrogens is 390 g/mol. The molecule has 5 nitrogen and oxygen atoms in total. The summed E-state index contributed by atoms with van der Waals surface area (Å²) in [5.74, 6) is 1.26. The maximum atomic E-state index is 13.1. The molecule has 7 heteroatoms. The number of thioether (sulfide) groups is 1. The minimum atomic E-state index is -0.285. The van der Waals surface area contributed by atoms with Gasteiger partial charge in [0.05, 0.1) is 11.1 Å². The van der Waals surface area contributed by atoms with Crippen LogP contribution in [0.25, 0.3) is 10.2 Å². The van der Waals surface area contributed by atoms with Gasteiger partial charge in [-0.25, -0.2) is 4.98 Å². The van der Waals surface area contributed by atoms with Crippen LogP contribution in [0.4, 0.5) is 0 Å². The number of H-pyrrole nitrogens is 1. The largest absolute Gasteiger partial charge is 0.341 e. The van der Waals surface area contributed by atoms with Crippen molar-refractivity contribution in [2.45, 2.75) is 37.7 Å². The van der Waals surface area contributed by atoms with Gasteiger partial charge in [0.1, 0.15) is 15.9 Å². The molecule has 4 rings (SSSR count). The van der Waals surface area contributed by atoms with Gasteiger partial charge >= 0.3 is 0 Å². The standard InChI is InChI=1S/C21H23N3O2S2/c1-13-14(2)28-20-17(13)19(25)22-16(23-20)12-27-18(15-8-4-3-5-9-15)21(26)24-10-6-7-11-24/h3-5,8-9,18H,6-7,10-12H2,1-2H3,(H,22,23,25)/t18-/m1/s1. The zero-order chi connectivity index (χ0) is 19.7. The third-order valence-corrected chi connectivity index (χ3v) is 7.57. The maximum Gasteiger partial charge on any atom is 0.259 e. The molecule has 3 aromatic rings. The highest BCUT2D eigenvalue weighted by atomic mass is 32.2. The average Bonchev–Trinajstić information content (AvgIpc) is 3.32. The number of fused-ring (bicyclic) bond motifs is 1. The van der Waals surface area contributed by atoms with Crippen LogP contribution in [0.2, 0.25) is 0 Å². The first kappa shape index (κ1) is 19.2. The van der Waals surface area contributed by atoms with Gasteiger partial charge in [0.2, 0.25) is 5.91 Å². The smallest absolute Gasteiger partial charge is 0.259 e. The first-order valence-electron chi connectivity index (χ1n) is 9.49.